The maximum Gasteiger partial charge on any atom is 0.243 e. The van der Waals surface area contributed by atoms with Crippen LogP contribution in [0.2, 0.25) is 0 Å². The third-order valence-corrected chi connectivity index (χ3v) is 5.55. The minimum Gasteiger partial charge on any atom is -0.352 e. The molecule has 5 heteroatoms. The molecule has 0 aliphatic carbocycles. The van der Waals surface area contributed by atoms with E-state index in [-0.39, 0.29) is 11.3 Å². The molecule has 1 N–H and O–H groups in total. The molecule has 1 heterocycles. The van der Waals surface area contributed by atoms with Crippen molar-refractivity contribution in [2.45, 2.75) is 4.90 Å². The number of hydrogen-bond donors (Lipinski definition) is 1. The minimum absolute atomic E-state index is 0.0803. The Morgan fingerprint density at radius 3 is 2.78 bits per heavy atom. The highest BCUT2D eigenvalue weighted by Crippen LogP contribution is 2.28. The summed E-state index contributed by atoms with van der Waals surface area (Å²) in [4.78, 5) is 24.7. The number of carbonyl (C=O) groups excluding carboxylic acids is 1. The van der Waals surface area contributed by atoms with Crippen molar-refractivity contribution in [2.75, 3.05) is 12.3 Å². The molecule has 1 amide bonds. The zero-order chi connectivity index (χ0) is 16.2. The van der Waals surface area contributed by atoms with Crippen LogP contribution in [-0.4, -0.2) is 18.2 Å². The number of rotatable bonds is 5. The Hall–Kier alpha value is -2.11. The minimum atomic E-state index is -0.167. The Bertz CT molecular complexity index is 947. The third kappa shape index (κ3) is 3.46. The van der Waals surface area contributed by atoms with Crippen LogP contribution in [0.25, 0.3) is 20.2 Å². The molecule has 0 saturated heterocycles. The van der Waals surface area contributed by atoms with E-state index >= 15 is 0 Å². The van der Waals surface area contributed by atoms with Gasteiger partial charge in [-0.15, -0.1) is 23.1 Å². The second-order valence-electron chi connectivity index (χ2n) is 4.93. The van der Waals surface area contributed by atoms with Crippen LogP contribution in [0.4, 0.5) is 0 Å². The number of fused-ring (bicyclic) bond motifs is 2. The summed E-state index contributed by atoms with van der Waals surface area (Å²) in [7, 11) is 0. The molecular weight excluding hydrogens is 326 g/mol. The smallest absolute Gasteiger partial charge is 0.243 e. The molecule has 3 rings (SSSR count). The lowest BCUT2D eigenvalue weighted by Crippen LogP contribution is -2.23. The Balaban J connectivity index is 1.85. The van der Waals surface area contributed by atoms with E-state index in [0.717, 1.165) is 30.8 Å². The fourth-order valence-corrected chi connectivity index (χ4v) is 4.14. The first kappa shape index (κ1) is 15.8. The number of benzene rings is 2. The summed E-state index contributed by atoms with van der Waals surface area (Å²) in [5.41, 5.74) is 0.0803. The van der Waals surface area contributed by atoms with Crippen LogP contribution < -0.4 is 10.7 Å². The van der Waals surface area contributed by atoms with Gasteiger partial charge in [-0.3, -0.25) is 9.59 Å². The maximum absolute atomic E-state index is 12.6. The van der Waals surface area contributed by atoms with Crippen molar-refractivity contribution in [3.05, 3.63) is 65.3 Å². The summed E-state index contributed by atoms with van der Waals surface area (Å²) in [6.45, 7) is 3.98. The molecular formula is C18H15NO2S2. The average Bonchev–Trinajstić information content (AvgIpc) is 2.59. The number of nitrogens with one attached hydrogen (secondary N) is 1. The molecule has 0 spiro atoms. The van der Waals surface area contributed by atoms with E-state index in [4.69, 9.17) is 0 Å². The van der Waals surface area contributed by atoms with Gasteiger partial charge >= 0.3 is 0 Å². The first-order valence-corrected chi connectivity index (χ1v) is 8.98. The Labute approximate surface area is 142 Å². The summed E-state index contributed by atoms with van der Waals surface area (Å²) in [6, 6.07) is 13.7. The van der Waals surface area contributed by atoms with Crippen LogP contribution in [0, 0.1) is 0 Å². The summed E-state index contributed by atoms with van der Waals surface area (Å²) in [5, 5.41) is 4.26. The van der Waals surface area contributed by atoms with Crippen molar-refractivity contribution < 1.29 is 4.79 Å². The zero-order valence-corrected chi connectivity index (χ0v) is 14.0. The predicted octanol–water partition coefficient (Wildman–Crippen LogP) is 3.81. The highest BCUT2D eigenvalue weighted by molar-refractivity contribution is 7.99. The van der Waals surface area contributed by atoms with Crippen molar-refractivity contribution in [1.82, 2.24) is 5.32 Å². The standard InChI is InChI=1S/C18H15NO2S2/c1-2-17(20)19-9-10-22-12-7-8-16-14(11-12)18(21)13-5-3-4-6-15(13)23-16/h2-8,11H,1,9-10H2,(H,19,20). The maximum atomic E-state index is 12.6. The zero-order valence-electron chi connectivity index (χ0n) is 12.4. The van der Waals surface area contributed by atoms with Crippen LogP contribution in [0.5, 0.6) is 0 Å². The SMILES string of the molecule is C=CC(=O)NCCSc1ccc2sc3ccccc3c(=O)c2c1. The van der Waals surface area contributed by atoms with Gasteiger partial charge < -0.3 is 5.32 Å². The summed E-state index contributed by atoms with van der Waals surface area (Å²) in [6.07, 6.45) is 1.26. The van der Waals surface area contributed by atoms with Crippen LogP contribution in [0.1, 0.15) is 0 Å². The summed E-state index contributed by atoms with van der Waals surface area (Å²) in [5.74, 6) is 0.579. The molecule has 0 bridgehead atoms. The Morgan fingerprint density at radius 2 is 1.96 bits per heavy atom. The Kier molecular flexibility index (Phi) is 4.79. The highest BCUT2D eigenvalue weighted by atomic mass is 32.2. The quantitative estimate of drug-likeness (QED) is 0.332. The average molecular weight is 341 g/mol. The van der Waals surface area contributed by atoms with E-state index in [0.29, 0.717) is 6.54 Å². The van der Waals surface area contributed by atoms with E-state index in [9.17, 15) is 9.59 Å². The van der Waals surface area contributed by atoms with E-state index < -0.39 is 0 Å². The second-order valence-corrected chi connectivity index (χ2v) is 7.18. The van der Waals surface area contributed by atoms with Crippen molar-refractivity contribution in [3.8, 4) is 0 Å². The van der Waals surface area contributed by atoms with E-state index in [1.807, 2.05) is 42.5 Å². The largest absolute Gasteiger partial charge is 0.352 e. The van der Waals surface area contributed by atoms with Gasteiger partial charge in [0.05, 0.1) is 0 Å². The van der Waals surface area contributed by atoms with Crippen molar-refractivity contribution in [3.63, 3.8) is 0 Å². The van der Waals surface area contributed by atoms with Gasteiger partial charge in [0.2, 0.25) is 5.91 Å². The van der Waals surface area contributed by atoms with Crippen LogP contribution in [0.3, 0.4) is 0 Å². The molecule has 23 heavy (non-hydrogen) atoms. The molecule has 0 aliphatic rings. The molecule has 0 aliphatic heterocycles. The lowest BCUT2D eigenvalue weighted by atomic mass is 10.2. The molecule has 0 fully saturated rings. The van der Waals surface area contributed by atoms with Gasteiger partial charge in [-0.1, -0.05) is 18.7 Å². The van der Waals surface area contributed by atoms with Gasteiger partial charge in [0.25, 0.3) is 0 Å². The van der Waals surface area contributed by atoms with Gasteiger partial charge in [0, 0.05) is 37.4 Å². The molecule has 0 saturated carbocycles. The predicted molar refractivity (Wildman–Crippen MR) is 99.5 cm³/mol. The van der Waals surface area contributed by atoms with Crippen molar-refractivity contribution in [2.24, 2.45) is 0 Å². The molecule has 3 aromatic rings. The number of thioether (sulfide) groups is 1. The van der Waals surface area contributed by atoms with Crippen LogP contribution in [0.15, 0.2) is 64.8 Å². The lowest BCUT2D eigenvalue weighted by Gasteiger charge is -2.05. The lowest BCUT2D eigenvalue weighted by molar-refractivity contribution is -0.116. The molecule has 0 atom stereocenters. The highest BCUT2D eigenvalue weighted by Gasteiger charge is 2.06. The normalized spacial score (nSPS) is 10.8. The van der Waals surface area contributed by atoms with E-state index in [2.05, 4.69) is 11.9 Å². The number of amides is 1. The molecule has 116 valence electrons. The molecule has 0 unspecified atom stereocenters. The summed E-state index contributed by atoms with van der Waals surface area (Å²) < 4.78 is 2.01. The number of carbonyl (C=O) groups is 1. The Morgan fingerprint density at radius 1 is 1.17 bits per heavy atom. The first-order chi connectivity index (χ1) is 11.2. The van der Waals surface area contributed by atoms with Crippen LogP contribution >= 0.6 is 23.1 Å². The van der Waals surface area contributed by atoms with Crippen molar-refractivity contribution >= 4 is 49.2 Å². The van der Waals surface area contributed by atoms with E-state index in [1.54, 1.807) is 23.1 Å². The molecule has 2 aromatic carbocycles. The van der Waals surface area contributed by atoms with Gasteiger partial charge in [-0.2, -0.15) is 0 Å². The summed E-state index contributed by atoms with van der Waals surface area (Å²) >= 11 is 3.25. The first-order valence-electron chi connectivity index (χ1n) is 7.18. The number of hydrogen-bond acceptors (Lipinski definition) is 4. The molecule has 3 nitrogen and oxygen atoms in total. The molecule has 0 radical (unpaired) electrons. The fourth-order valence-electron chi connectivity index (χ4n) is 2.29. The monoisotopic (exact) mass is 341 g/mol. The molecule has 1 aromatic heterocycles. The third-order valence-electron chi connectivity index (χ3n) is 3.40. The van der Waals surface area contributed by atoms with Gasteiger partial charge in [-0.05, 0) is 36.4 Å². The van der Waals surface area contributed by atoms with Gasteiger partial charge in [-0.25, -0.2) is 0 Å². The van der Waals surface area contributed by atoms with Gasteiger partial charge in [0.1, 0.15) is 0 Å². The van der Waals surface area contributed by atoms with Gasteiger partial charge in [0.15, 0.2) is 5.43 Å². The van der Waals surface area contributed by atoms with E-state index in [1.165, 1.54) is 6.08 Å². The second kappa shape index (κ2) is 6.98. The fraction of sp³-hybridized carbons (Fsp3) is 0.111. The topological polar surface area (TPSA) is 46.2 Å². The van der Waals surface area contributed by atoms with Crippen molar-refractivity contribution in [1.29, 1.82) is 0 Å². The van der Waals surface area contributed by atoms with Crippen LogP contribution in [-0.2, 0) is 4.79 Å².